The number of hydrogen-bond donors (Lipinski definition) is 1. The third-order valence-corrected chi connectivity index (χ3v) is 5.83. The van der Waals surface area contributed by atoms with Crippen LogP contribution in [0.4, 0.5) is 5.69 Å². The topological polar surface area (TPSA) is 72.7 Å². The van der Waals surface area contributed by atoms with Gasteiger partial charge < -0.3 is 5.32 Å². The molecule has 2 aliphatic rings. The van der Waals surface area contributed by atoms with Crippen molar-refractivity contribution in [2.24, 2.45) is 0 Å². The lowest BCUT2D eigenvalue weighted by Crippen LogP contribution is -2.12. The summed E-state index contributed by atoms with van der Waals surface area (Å²) < 4.78 is 1.99. The summed E-state index contributed by atoms with van der Waals surface area (Å²) in [6.45, 7) is 0. The van der Waals surface area contributed by atoms with E-state index < -0.39 is 0 Å². The second kappa shape index (κ2) is 8.88. The van der Waals surface area contributed by atoms with Gasteiger partial charge in [-0.15, -0.1) is 24.8 Å². The molecule has 32 heavy (non-hydrogen) atoms. The molecule has 0 atom stereocenters. The Labute approximate surface area is 198 Å². The van der Waals surface area contributed by atoms with E-state index in [9.17, 15) is 4.79 Å². The van der Waals surface area contributed by atoms with E-state index in [1.165, 1.54) is 37.1 Å². The van der Waals surface area contributed by atoms with Gasteiger partial charge in [0.2, 0.25) is 0 Å². The van der Waals surface area contributed by atoms with Gasteiger partial charge in [0, 0.05) is 34.7 Å². The molecular formula is C24H23Cl2N5O. The number of carbonyl (C=O) groups excluding carboxylic acids is 1. The van der Waals surface area contributed by atoms with E-state index in [0.717, 1.165) is 16.7 Å². The fraction of sp³-hybridized carbons (Fsp3) is 0.250. The zero-order valence-electron chi connectivity index (χ0n) is 17.3. The third kappa shape index (κ3) is 4.33. The molecule has 1 amide bonds. The Morgan fingerprint density at radius 2 is 1.75 bits per heavy atom. The van der Waals surface area contributed by atoms with E-state index in [4.69, 9.17) is 5.10 Å². The molecule has 6 rings (SSSR count). The first-order valence-electron chi connectivity index (χ1n) is 10.5. The first kappa shape index (κ1) is 22.2. The maximum absolute atomic E-state index is 12.7. The minimum absolute atomic E-state index is 0. The Bertz CT molecular complexity index is 1260. The summed E-state index contributed by atoms with van der Waals surface area (Å²) in [6.07, 6.45) is 8.38. The van der Waals surface area contributed by atoms with Crippen molar-refractivity contribution in [2.45, 2.75) is 37.5 Å². The number of anilines is 1. The minimum Gasteiger partial charge on any atom is -0.321 e. The molecule has 3 heterocycles. The van der Waals surface area contributed by atoms with Crippen LogP contribution in [0.1, 0.15) is 59.3 Å². The molecule has 2 aliphatic carbocycles. The molecule has 0 unspecified atom stereocenters. The van der Waals surface area contributed by atoms with E-state index in [1.807, 2.05) is 41.1 Å². The molecule has 8 heteroatoms. The Hall–Kier alpha value is -2.96. The van der Waals surface area contributed by atoms with Crippen molar-refractivity contribution in [1.29, 1.82) is 0 Å². The van der Waals surface area contributed by atoms with Crippen molar-refractivity contribution < 1.29 is 4.79 Å². The van der Waals surface area contributed by atoms with Crippen molar-refractivity contribution in [1.82, 2.24) is 19.7 Å². The zero-order chi connectivity index (χ0) is 20.1. The molecule has 1 N–H and O–H groups in total. The van der Waals surface area contributed by atoms with Crippen LogP contribution in [-0.4, -0.2) is 25.7 Å². The Morgan fingerprint density at radius 3 is 2.47 bits per heavy atom. The summed E-state index contributed by atoms with van der Waals surface area (Å²) in [7, 11) is 0. The molecule has 0 saturated heterocycles. The van der Waals surface area contributed by atoms with Crippen LogP contribution >= 0.6 is 24.8 Å². The number of aromatic nitrogens is 4. The van der Waals surface area contributed by atoms with Gasteiger partial charge in [0.05, 0.1) is 23.1 Å². The molecule has 2 fully saturated rings. The van der Waals surface area contributed by atoms with Gasteiger partial charge in [-0.25, -0.2) is 9.67 Å². The first-order chi connectivity index (χ1) is 14.7. The Morgan fingerprint density at radius 1 is 0.938 bits per heavy atom. The molecule has 3 aromatic heterocycles. The summed E-state index contributed by atoms with van der Waals surface area (Å²) in [5.41, 5.74) is 4.60. The maximum Gasteiger partial charge on any atom is 0.255 e. The first-order valence-corrected chi connectivity index (χ1v) is 10.5. The van der Waals surface area contributed by atoms with E-state index in [1.54, 1.807) is 18.5 Å². The summed E-state index contributed by atoms with van der Waals surface area (Å²) in [4.78, 5) is 21.6. The number of pyridine rings is 2. The summed E-state index contributed by atoms with van der Waals surface area (Å²) in [5.74, 6) is 1.87. The van der Waals surface area contributed by atoms with Crippen LogP contribution in [0.5, 0.6) is 0 Å². The molecular weight excluding hydrogens is 445 g/mol. The van der Waals surface area contributed by atoms with E-state index in [-0.39, 0.29) is 30.7 Å². The van der Waals surface area contributed by atoms with Crippen LogP contribution in [0.2, 0.25) is 0 Å². The Balaban J connectivity index is 0.00000122. The lowest BCUT2D eigenvalue weighted by Gasteiger charge is -2.08. The van der Waals surface area contributed by atoms with Gasteiger partial charge >= 0.3 is 0 Å². The van der Waals surface area contributed by atoms with Crippen LogP contribution in [0.3, 0.4) is 0 Å². The molecule has 0 aliphatic heterocycles. The highest BCUT2D eigenvalue weighted by atomic mass is 35.5. The monoisotopic (exact) mass is 467 g/mol. The van der Waals surface area contributed by atoms with Crippen LogP contribution in [0, 0.1) is 0 Å². The fourth-order valence-electron chi connectivity index (χ4n) is 3.85. The van der Waals surface area contributed by atoms with Crippen LogP contribution in [-0.2, 0) is 0 Å². The molecule has 6 nitrogen and oxygen atoms in total. The van der Waals surface area contributed by atoms with Gasteiger partial charge in [0.15, 0.2) is 5.82 Å². The van der Waals surface area contributed by atoms with E-state index in [2.05, 4.69) is 21.4 Å². The van der Waals surface area contributed by atoms with E-state index in [0.29, 0.717) is 23.1 Å². The molecule has 0 bridgehead atoms. The molecule has 2 saturated carbocycles. The number of fused-ring (bicyclic) bond motifs is 1. The largest absolute Gasteiger partial charge is 0.321 e. The predicted octanol–water partition coefficient (Wildman–Crippen LogP) is 5.67. The van der Waals surface area contributed by atoms with Crippen molar-refractivity contribution in [3.05, 3.63) is 77.9 Å². The van der Waals surface area contributed by atoms with Crippen LogP contribution < -0.4 is 5.32 Å². The average Bonchev–Trinajstić information content (AvgIpc) is 3.72. The number of carbonyl (C=O) groups is 1. The molecule has 1 aromatic carbocycles. The van der Waals surface area contributed by atoms with Gasteiger partial charge in [-0.1, -0.05) is 6.07 Å². The fourth-order valence-corrected chi connectivity index (χ4v) is 3.85. The predicted molar refractivity (Wildman–Crippen MR) is 130 cm³/mol. The maximum atomic E-state index is 12.7. The van der Waals surface area contributed by atoms with Crippen molar-refractivity contribution in [3.8, 4) is 5.82 Å². The minimum atomic E-state index is -0.163. The molecule has 0 spiro atoms. The number of benzene rings is 1. The Kier molecular flexibility index (Phi) is 6.17. The summed E-state index contributed by atoms with van der Waals surface area (Å²) in [6, 6.07) is 15.4. The van der Waals surface area contributed by atoms with Crippen molar-refractivity contribution >= 4 is 47.3 Å². The van der Waals surface area contributed by atoms with Gasteiger partial charge in [-0.3, -0.25) is 9.78 Å². The second-order valence-electron chi connectivity index (χ2n) is 8.22. The number of hydrogen-bond acceptors (Lipinski definition) is 4. The number of nitrogens with one attached hydrogen (secondary N) is 1. The normalized spacial score (nSPS) is 15.0. The van der Waals surface area contributed by atoms with Crippen LogP contribution in [0.25, 0.3) is 16.7 Å². The highest BCUT2D eigenvalue weighted by Gasteiger charge is 2.33. The van der Waals surface area contributed by atoms with Gasteiger partial charge in [0.1, 0.15) is 0 Å². The van der Waals surface area contributed by atoms with Crippen molar-refractivity contribution in [2.75, 3.05) is 5.32 Å². The number of nitrogens with zero attached hydrogens (tertiary/aromatic N) is 4. The smallest absolute Gasteiger partial charge is 0.255 e. The average molecular weight is 468 g/mol. The van der Waals surface area contributed by atoms with Gasteiger partial charge in [0.25, 0.3) is 5.91 Å². The quantitative estimate of drug-likeness (QED) is 0.410. The summed E-state index contributed by atoms with van der Waals surface area (Å²) >= 11 is 0. The number of rotatable bonds is 5. The molecule has 4 aromatic rings. The molecule has 0 radical (unpaired) electrons. The second-order valence-corrected chi connectivity index (χ2v) is 8.22. The third-order valence-electron chi connectivity index (χ3n) is 5.83. The number of amides is 1. The standard InChI is InChI=1S/C24H21N5O.2ClH/c30-24(18-7-9-20-17(12-18)2-1-11-25-20)27-19-8-10-23(26-14-19)29-22(16-5-6-16)13-21(28-29)15-3-4-15;;/h1-2,7-16H,3-6H2,(H,27,30);2*1H. The SMILES string of the molecule is Cl.Cl.O=C(Nc1ccc(-n2nc(C3CC3)cc2C2CC2)nc1)c1ccc2ncccc2c1. The van der Waals surface area contributed by atoms with Gasteiger partial charge in [-0.05, 0) is 68.1 Å². The highest BCUT2D eigenvalue weighted by Crippen LogP contribution is 2.45. The van der Waals surface area contributed by atoms with Gasteiger partial charge in [-0.2, -0.15) is 5.10 Å². The summed E-state index contributed by atoms with van der Waals surface area (Å²) in [5, 5.41) is 8.71. The van der Waals surface area contributed by atoms with Crippen molar-refractivity contribution in [3.63, 3.8) is 0 Å². The lowest BCUT2D eigenvalue weighted by molar-refractivity contribution is 0.102. The number of halogens is 2. The molecule has 164 valence electrons. The lowest BCUT2D eigenvalue weighted by atomic mass is 10.1. The van der Waals surface area contributed by atoms with E-state index >= 15 is 0 Å². The van der Waals surface area contributed by atoms with Crippen LogP contribution in [0.15, 0.2) is 60.9 Å². The zero-order valence-corrected chi connectivity index (χ0v) is 18.9. The highest BCUT2D eigenvalue weighted by molar-refractivity contribution is 6.06.